The van der Waals surface area contributed by atoms with Crippen LogP contribution in [0.5, 0.6) is 0 Å². The van der Waals surface area contributed by atoms with Gasteiger partial charge in [0, 0.05) is 45.2 Å². The predicted octanol–water partition coefficient (Wildman–Crippen LogP) is 2.95. The number of aromatic nitrogens is 2. The minimum atomic E-state index is -0.652. The number of benzene rings is 1. The largest absolute Gasteiger partial charge is 0.357 e. The third-order valence-electron chi connectivity index (χ3n) is 5.90. The maximum absolute atomic E-state index is 13.4. The second kappa shape index (κ2) is 9.86. The molecule has 0 spiro atoms. The van der Waals surface area contributed by atoms with Gasteiger partial charge < -0.3 is 20.1 Å². The van der Waals surface area contributed by atoms with Crippen molar-refractivity contribution in [3.05, 3.63) is 41.7 Å². The first-order chi connectivity index (χ1) is 15.1. The van der Waals surface area contributed by atoms with Crippen molar-refractivity contribution in [1.82, 2.24) is 25.1 Å². The van der Waals surface area contributed by atoms with E-state index in [0.29, 0.717) is 11.6 Å². The average Bonchev–Trinajstić information content (AvgIpc) is 2.99. The van der Waals surface area contributed by atoms with Gasteiger partial charge in [0.1, 0.15) is 17.6 Å². The molecule has 2 aromatic rings. The van der Waals surface area contributed by atoms with Crippen LogP contribution in [0.15, 0.2) is 30.3 Å². The number of hydrogen-bond acceptors (Lipinski definition) is 4. The van der Waals surface area contributed by atoms with Gasteiger partial charge in [0.15, 0.2) is 0 Å². The zero-order chi connectivity index (χ0) is 23.5. The lowest BCUT2D eigenvalue weighted by Gasteiger charge is -2.29. The van der Waals surface area contributed by atoms with Crippen LogP contribution < -0.4 is 10.6 Å². The Bertz CT molecular complexity index is 943. The van der Waals surface area contributed by atoms with Gasteiger partial charge in [-0.25, -0.2) is 4.98 Å². The Kier molecular flexibility index (Phi) is 7.39. The summed E-state index contributed by atoms with van der Waals surface area (Å²) in [4.78, 5) is 33.2. The Labute approximate surface area is 191 Å². The molecule has 1 aromatic heterocycles. The van der Waals surface area contributed by atoms with Crippen molar-refractivity contribution in [1.29, 1.82) is 0 Å². The topological polar surface area (TPSA) is 79.3 Å². The molecular weight excluding hydrogens is 402 g/mol. The highest BCUT2D eigenvalue weighted by Crippen LogP contribution is 2.26. The number of carbonyl (C=O) groups excluding carboxylic acids is 2. The van der Waals surface area contributed by atoms with E-state index in [1.54, 1.807) is 7.05 Å². The van der Waals surface area contributed by atoms with Crippen LogP contribution >= 0.6 is 0 Å². The Morgan fingerprint density at radius 1 is 1.09 bits per heavy atom. The quantitative estimate of drug-likeness (QED) is 0.725. The average molecular weight is 440 g/mol. The van der Waals surface area contributed by atoms with E-state index in [1.165, 1.54) is 0 Å². The molecule has 0 radical (unpaired) electrons. The third kappa shape index (κ3) is 5.38. The van der Waals surface area contributed by atoms with Gasteiger partial charge in [0.2, 0.25) is 5.91 Å². The number of hydrogen-bond donors (Lipinski definition) is 2. The lowest BCUT2D eigenvalue weighted by molar-refractivity contribution is -0.124. The fourth-order valence-corrected chi connectivity index (χ4v) is 4.31. The highest BCUT2D eigenvalue weighted by Gasteiger charge is 2.34. The van der Waals surface area contributed by atoms with E-state index in [0.717, 1.165) is 49.7 Å². The first-order valence-electron chi connectivity index (χ1n) is 11.5. The van der Waals surface area contributed by atoms with E-state index in [1.807, 2.05) is 51.1 Å². The molecule has 1 atom stereocenters. The summed E-state index contributed by atoms with van der Waals surface area (Å²) >= 11 is 0. The normalized spacial score (nSPS) is 15.7. The van der Waals surface area contributed by atoms with Gasteiger partial charge in [-0.1, -0.05) is 65.0 Å². The maximum Gasteiger partial charge on any atom is 0.272 e. The van der Waals surface area contributed by atoms with Crippen LogP contribution in [0, 0.1) is 11.3 Å². The molecule has 2 amide bonds. The first-order valence-corrected chi connectivity index (χ1v) is 11.5. The van der Waals surface area contributed by atoms with Crippen molar-refractivity contribution in [2.45, 2.75) is 53.6 Å². The van der Waals surface area contributed by atoms with E-state index in [9.17, 15) is 9.59 Å². The Balaban J connectivity index is 1.99. The molecule has 1 aromatic carbocycles. The molecule has 0 bridgehead atoms. The van der Waals surface area contributed by atoms with E-state index in [2.05, 4.69) is 33.9 Å². The standard InChI is InChI=1S/C25H37N5O2/c1-17(2)16-29-13-12-19-20(23(31)28-21(24(32)26-6)25(3,4)5)27-22(30(19)15-14-29)18-10-8-7-9-11-18/h7-11,17,21H,12-16H2,1-6H3,(H,26,32)(H,28,31)/t21-/m1/s1. The van der Waals surface area contributed by atoms with Gasteiger partial charge in [-0.05, 0) is 11.3 Å². The second-order valence-electron chi connectivity index (χ2n) is 10.1. The van der Waals surface area contributed by atoms with Crippen LogP contribution in [-0.4, -0.2) is 59.0 Å². The number of nitrogens with one attached hydrogen (secondary N) is 2. The molecule has 0 fully saturated rings. The number of nitrogens with zero attached hydrogens (tertiary/aromatic N) is 3. The van der Waals surface area contributed by atoms with Crippen molar-refractivity contribution < 1.29 is 9.59 Å². The molecule has 32 heavy (non-hydrogen) atoms. The summed E-state index contributed by atoms with van der Waals surface area (Å²) in [6.07, 6.45) is 0.746. The van der Waals surface area contributed by atoms with Crippen LogP contribution in [-0.2, 0) is 17.8 Å². The van der Waals surface area contributed by atoms with Crippen molar-refractivity contribution in [3.8, 4) is 11.4 Å². The summed E-state index contributed by atoms with van der Waals surface area (Å²) < 4.78 is 2.19. The minimum Gasteiger partial charge on any atom is -0.357 e. The van der Waals surface area contributed by atoms with Gasteiger partial charge in [0.25, 0.3) is 5.91 Å². The second-order valence-corrected chi connectivity index (χ2v) is 10.1. The minimum absolute atomic E-state index is 0.206. The lowest BCUT2D eigenvalue weighted by Crippen LogP contribution is -2.53. The SMILES string of the molecule is CNC(=O)[C@@H](NC(=O)c1nc(-c2ccccc2)n2c1CCN(CC(C)C)CC2)C(C)(C)C. The molecule has 7 heteroatoms. The Morgan fingerprint density at radius 2 is 1.78 bits per heavy atom. The van der Waals surface area contributed by atoms with Gasteiger partial charge in [0.05, 0.1) is 5.69 Å². The molecule has 0 aliphatic carbocycles. The molecule has 174 valence electrons. The molecule has 7 nitrogen and oxygen atoms in total. The van der Waals surface area contributed by atoms with Crippen LogP contribution in [0.2, 0.25) is 0 Å². The van der Waals surface area contributed by atoms with Gasteiger partial charge in [-0.15, -0.1) is 0 Å². The summed E-state index contributed by atoms with van der Waals surface area (Å²) in [5, 5.41) is 5.63. The zero-order valence-corrected chi connectivity index (χ0v) is 20.2. The maximum atomic E-state index is 13.4. The number of amides is 2. The van der Waals surface area contributed by atoms with E-state index in [-0.39, 0.29) is 11.8 Å². The molecule has 1 aliphatic heterocycles. The van der Waals surface area contributed by atoms with Crippen molar-refractivity contribution in [3.63, 3.8) is 0 Å². The Morgan fingerprint density at radius 3 is 2.38 bits per heavy atom. The number of fused-ring (bicyclic) bond motifs is 1. The number of imidazole rings is 1. The first kappa shape index (κ1) is 24.0. The van der Waals surface area contributed by atoms with Crippen LogP contribution in [0.4, 0.5) is 0 Å². The van der Waals surface area contributed by atoms with Crippen LogP contribution in [0.1, 0.15) is 50.8 Å². The van der Waals surface area contributed by atoms with Gasteiger partial charge in [-0.2, -0.15) is 0 Å². The van der Waals surface area contributed by atoms with E-state index < -0.39 is 11.5 Å². The monoisotopic (exact) mass is 439 g/mol. The van der Waals surface area contributed by atoms with E-state index >= 15 is 0 Å². The molecule has 0 unspecified atom stereocenters. The van der Waals surface area contributed by atoms with Crippen molar-refractivity contribution in [2.75, 3.05) is 26.7 Å². The lowest BCUT2D eigenvalue weighted by atomic mass is 9.86. The highest BCUT2D eigenvalue weighted by atomic mass is 16.2. The summed E-state index contributed by atoms with van der Waals surface area (Å²) in [5.74, 6) is 0.894. The Hall–Kier alpha value is -2.67. The fourth-order valence-electron chi connectivity index (χ4n) is 4.31. The number of likely N-dealkylation sites (N-methyl/N-ethyl adjacent to an activating group) is 1. The number of rotatable bonds is 6. The summed E-state index contributed by atoms with van der Waals surface area (Å²) in [6, 6.07) is 9.35. The molecule has 0 saturated heterocycles. The summed E-state index contributed by atoms with van der Waals surface area (Å²) in [6.45, 7) is 13.9. The van der Waals surface area contributed by atoms with Gasteiger partial charge in [-0.3, -0.25) is 9.59 Å². The third-order valence-corrected chi connectivity index (χ3v) is 5.90. The fraction of sp³-hybridized carbons (Fsp3) is 0.560. The zero-order valence-electron chi connectivity index (χ0n) is 20.2. The molecular formula is C25H37N5O2. The van der Waals surface area contributed by atoms with Crippen LogP contribution in [0.25, 0.3) is 11.4 Å². The highest BCUT2D eigenvalue weighted by molar-refractivity contribution is 5.97. The van der Waals surface area contributed by atoms with Crippen molar-refractivity contribution >= 4 is 11.8 Å². The van der Waals surface area contributed by atoms with Gasteiger partial charge >= 0.3 is 0 Å². The summed E-state index contributed by atoms with van der Waals surface area (Å²) in [5.41, 5.74) is 1.93. The smallest absolute Gasteiger partial charge is 0.272 e. The van der Waals surface area contributed by atoms with E-state index in [4.69, 9.17) is 4.98 Å². The predicted molar refractivity (Wildman–Crippen MR) is 127 cm³/mol. The molecule has 0 saturated carbocycles. The molecule has 2 heterocycles. The molecule has 3 rings (SSSR count). The summed E-state index contributed by atoms with van der Waals surface area (Å²) in [7, 11) is 1.59. The van der Waals surface area contributed by atoms with Crippen molar-refractivity contribution in [2.24, 2.45) is 11.3 Å². The van der Waals surface area contributed by atoms with Crippen LogP contribution in [0.3, 0.4) is 0 Å². The number of carbonyl (C=O) groups is 2. The molecule has 2 N–H and O–H groups in total. The molecule has 1 aliphatic rings.